The van der Waals surface area contributed by atoms with Crippen molar-refractivity contribution < 1.29 is 9.90 Å². The van der Waals surface area contributed by atoms with E-state index in [0.717, 1.165) is 16.9 Å². The summed E-state index contributed by atoms with van der Waals surface area (Å²) < 4.78 is 0. The molecule has 17 heavy (non-hydrogen) atoms. The van der Waals surface area contributed by atoms with Crippen molar-refractivity contribution >= 4 is 17.4 Å². The molecule has 1 aliphatic rings. The first-order valence-electron chi connectivity index (χ1n) is 5.65. The number of urea groups is 1. The Morgan fingerprint density at radius 1 is 1.59 bits per heavy atom. The number of nitrogens with one attached hydrogen (secondary N) is 2. The van der Waals surface area contributed by atoms with Crippen LogP contribution in [0.1, 0.15) is 12.5 Å². The van der Waals surface area contributed by atoms with Gasteiger partial charge in [-0.25, -0.2) is 4.79 Å². The molecule has 0 saturated carbocycles. The molecule has 3 N–H and O–H groups in total. The second-order valence-electron chi connectivity index (χ2n) is 4.21. The molecule has 0 fully saturated rings. The van der Waals surface area contributed by atoms with Crippen molar-refractivity contribution in [2.75, 3.05) is 24.3 Å². The third-order valence-electron chi connectivity index (χ3n) is 3.04. The van der Waals surface area contributed by atoms with E-state index < -0.39 is 0 Å². The van der Waals surface area contributed by atoms with E-state index in [1.54, 1.807) is 4.90 Å². The average Bonchev–Trinajstić information content (AvgIpc) is 2.36. The van der Waals surface area contributed by atoms with Gasteiger partial charge >= 0.3 is 6.03 Å². The summed E-state index contributed by atoms with van der Waals surface area (Å²) in [5.74, 6) is 0. The molecule has 5 heteroatoms. The SMILES string of the molecule is CNc1ccc2c(c1)NC(=O)N(C(C)CO)C2. The van der Waals surface area contributed by atoms with Gasteiger partial charge in [-0.1, -0.05) is 6.07 Å². The van der Waals surface area contributed by atoms with Gasteiger partial charge in [-0.05, 0) is 24.6 Å². The lowest BCUT2D eigenvalue weighted by molar-refractivity contribution is 0.144. The van der Waals surface area contributed by atoms with Gasteiger partial charge in [0, 0.05) is 25.0 Å². The number of rotatable bonds is 3. The van der Waals surface area contributed by atoms with Crippen LogP contribution < -0.4 is 10.6 Å². The van der Waals surface area contributed by atoms with Crippen molar-refractivity contribution in [2.45, 2.75) is 19.5 Å². The highest BCUT2D eigenvalue weighted by Crippen LogP contribution is 2.27. The fraction of sp³-hybridized carbons (Fsp3) is 0.417. The molecular weight excluding hydrogens is 218 g/mol. The van der Waals surface area contributed by atoms with Gasteiger partial charge in [-0.3, -0.25) is 0 Å². The fourth-order valence-corrected chi connectivity index (χ4v) is 1.88. The number of hydrogen-bond acceptors (Lipinski definition) is 3. The van der Waals surface area contributed by atoms with Crippen LogP contribution in [-0.2, 0) is 6.54 Å². The molecule has 1 atom stereocenters. The highest BCUT2D eigenvalue weighted by molar-refractivity contribution is 5.93. The lowest BCUT2D eigenvalue weighted by Crippen LogP contribution is -2.45. The van der Waals surface area contributed by atoms with Gasteiger partial charge in [0.2, 0.25) is 0 Å². The van der Waals surface area contributed by atoms with Crippen molar-refractivity contribution in [3.63, 3.8) is 0 Å². The fourth-order valence-electron chi connectivity index (χ4n) is 1.88. The third-order valence-corrected chi connectivity index (χ3v) is 3.04. The van der Waals surface area contributed by atoms with Crippen LogP contribution in [-0.4, -0.2) is 35.7 Å². The number of carbonyl (C=O) groups excluding carboxylic acids is 1. The molecule has 1 aromatic rings. The van der Waals surface area contributed by atoms with Crippen LogP contribution in [0.4, 0.5) is 16.2 Å². The summed E-state index contributed by atoms with van der Waals surface area (Å²) >= 11 is 0. The third kappa shape index (κ3) is 2.19. The molecule has 1 unspecified atom stereocenters. The molecule has 2 rings (SSSR count). The maximum absolute atomic E-state index is 11.8. The lowest BCUT2D eigenvalue weighted by atomic mass is 10.1. The highest BCUT2D eigenvalue weighted by Gasteiger charge is 2.26. The van der Waals surface area contributed by atoms with E-state index in [2.05, 4.69) is 10.6 Å². The van der Waals surface area contributed by atoms with E-state index in [4.69, 9.17) is 5.11 Å². The number of amides is 2. The van der Waals surface area contributed by atoms with Gasteiger partial charge < -0.3 is 20.6 Å². The molecular formula is C12H17N3O2. The maximum atomic E-state index is 11.8. The van der Waals surface area contributed by atoms with Crippen molar-refractivity contribution in [1.82, 2.24) is 4.90 Å². The number of aliphatic hydroxyl groups is 1. The summed E-state index contributed by atoms with van der Waals surface area (Å²) in [4.78, 5) is 13.5. The minimum atomic E-state index is -0.174. The van der Waals surface area contributed by atoms with Gasteiger partial charge in [-0.15, -0.1) is 0 Å². The molecule has 0 aromatic heterocycles. The molecule has 1 heterocycles. The Morgan fingerprint density at radius 3 is 3.00 bits per heavy atom. The minimum Gasteiger partial charge on any atom is -0.394 e. The first-order valence-corrected chi connectivity index (χ1v) is 5.65. The van der Waals surface area contributed by atoms with Crippen LogP contribution in [0.15, 0.2) is 18.2 Å². The van der Waals surface area contributed by atoms with Crippen LogP contribution in [0, 0.1) is 0 Å². The second-order valence-corrected chi connectivity index (χ2v) is 4.21. The topological polar surface area (TPSA) is 64.6 Å². The normalized spacial score (nSPS) is 16.2. The molecule has 0 spiro atoms. The number of benzene rings is 1. The Hall–Kier alpha value is -1.75. The standard InChI is InChI=1S/C12H17N3O2/c1-8(7-16)15-6-9-3-4-10(13-2)5-11(9)14-12(15)17/h3-5,8,13,16H,6-7H2,1-2H3,(H,14,17). The summed E-state index contributed by atoms with van der Waals surface area (Å²) in [6.07, 6.45) is 0. The van der Waals surface area contributed by atoms with Crippen LogP contribution in [0.25, 0.3) is 0 Å². The van der Waals surface area contributed by atoms with Crippen molar-refractivity contribution in [3.05, 3.63) is 23.8 Å². The lowest BCUT2D eigenvalue weighted by Gasteiger charge is -2.33. The quantitative estimate of drug-likeness (QED) is 0.743. The number of nitrogens with zero attached hydrogens (tertiary/aromatic N) is 1. The number of carbonyl (C=O) groups is 1. The van der Waals surface area contributed by atoms with Gasteiger partial charge in [0.1, 0.15) is 0 Å². The van der Waals surface area contributed by atoms with Gasteiger partial charge in [0.05, 0.1) is 12.6 Å². The number of hydrogen-bond donors (Lipinski definition) is 3. The van der Waals surface area contributed by atoms with Crippen LogP contribution in [0.2, 0.25) is 0 Å². The number of anilines is 2. The van der Waals surface area contributed by atoms with E-state index in [1.165, 1.54) is 0 Å². The molecule has 1 aromatic carbocycles. The van der Waals surface area contributed by atoms with Crippen molar-refractivity contribution in [1.29, 1.82) is 0 Å². The van der Waals surface area contributed by atoms with Crippen LogP contribution in [0.5, 0.6) is 0 Å². The highest BCUT2D eigenvalue weighted by atomic mass is 16.3. The number of fused-ring (bicyclic) bond motifs is 1. The Bertz CT molecular complexity index is 434. The summed E-state index contributed by atoms with van der Waals surface area (Å²) in [5, 5.41) is 15.0. The molecule has 1 aliphatic heterocycles. The summed E-state index contributed by atoms with van der Waals surface area (Å²) in [6.45, 7) is 2.33. The maximum Gasteiger partial charge on any atom is 0.322 e. The van der Waals surface area contributed by atoms with Crippen LogP contribution in [0.3, 0.4) is 0 Å². The monoisotopic (exact) mass is 235 g/mol. The van der Waals surface area contributed by atoms with Gasteiger partial charge in [-0.2, -0.15) is 0 Å². The molecule has 0 aliphatic carbocycles. The molecule has 0 saturated heterocycles. The van der Waals surface area contributed by atoms with E-state index >= 15 is 0 Å². The Balaban J connectivity index is 2.27. The molecule has 0 radical (unpaired) electrons. The van der Waals surface area contributed by atoms with Gasteiger partial charge in [0.15, 0.2) is 0 Å². The van der Waals surface area contributed by atoms with E-state index in [1.807, 2.05) is 32.2 Å². The zero-order valence-electron chi connectivity index (χ0n) is 10.0. The first-order chi connectivity index (χ1) is 8.15. The van der Waals surface area contributed by atoms with Crippen molar-refractivity contribution in [3.8, 4) is 0 Å². The Labute approximate surface area is 100 Å². The molecule has 0 bridgehead atoms. The number of aliphatic hydroxyl groups excluding tert-OH is 1. The van der Waals surface area contributed by atoms with E-state index in [-0.39, 0.29) is 18.7 Å². The summed E-state index contributed by atoms with van der Waals surface area (Å²) in [6, 6.07) is 5.53. The Kier molecular flexibility index (Phi) is 3.19. The predicted octanol–water partition coefficient (Wildman–Crippen LogP) is 1.46. The Morgan fingerprint density at radius 2 is 2.35 bits per heavy atom. The minimum absolute atomic E-state index is 0.0304. The van der Waals surface area contributed by atoms with Crippen LogP contribution >= 0.6 is 0 Å². The molecule has 92 valence electrons. The van der Waals surface area contributed by atoms with Crippen molar-refractivity contribution in [2.24, 2.45) is 0 Å². The average molecular weight is 235 g/mol. The zero-order valence-corrected chi connectivity index (χ0v) is 10.0. The smallest absolute Gasteiger partial charge is 0.322 e. The summed E-state index contributed by atoms with van der Waals surface area (Å²) in [5.41, 5.74) is 2.86. The molecule has 2 amide bonds. The predicted molar refractivity (Wildman–Crippen MR) is 67.1 cm³/mol. The summed E-state index contributed by atoms with van der Waals surface area (Å²) in [7, 11) is 1.84. The largest absolute Gasteiger partial charge is 0.394 e. The van der Waals surface area contributed by atoms with Gasteiger partial charge in [0.25, 0.3) is 0 Å². The van der Waals surface area contributed by atoms with E-state index in [0.29, 0.717) is 6.54 Å². The second kappa shape index (κ2) is 4.63. The zero-order chi connectivity index (χ0) is 12.4. The molecule has 5 nitrogen and oxygen atoms in total. The van der Waals surface area contributed by atoms with E-state index in [9.17, 15) is 4.79 Å². The first kappa shape index (κ1) is 11.7.